The van der Waals surface area contributed by atoms with E-state index in [0.717, 1.165) is 24.2 Å². The number of fused-ring (bicyclic) bond motifs is 1. The van der Waals surface area contributed by atoms with Crippen LogP contribution in [0.4, 0.5) is 0 Å². The number of hydrogen-bond acceptors (Lipinski definition) is 3. The van der Waals surface area contributed by atoms with Crippen molar-refractivity contribution in [1.29, 1.82) is 0 Å². The minimum absolute atomic E-state index is 0.375. The number of ether oxygens (including phenoxy) is 1. The molecule has 1 unspecified atom stereocenters. The molecule has 0 fully saturated rings. The lowest BCUT2D eigenvalue weighted by Crippen LogP contribution is -2.31. The average molecular weight is 218 g/mol. The van der Waals surface area contributed by atoms with Gasteiger partial charge in [-0.3, -0.25) is 0 Å². The molecule has 2 rings (SSSR count). The van der Waals surface area contributed by atoms with Gasteiger partial charge in [-0.15, -0.1) is 6.58 Å². The predicted octanol–water partition coefficient (Wildman–Crippen LogP) is 0.809. The van der Waals surface area contributed by atoms with Crippen molar-refractivity contribution in [3.05, 3.63) is 36.4 Å². The van der Waals surface area contributed by atoms with Crippen molar-refractivity contribution in [3.8, 4) is 5.75 Å². The molecule has 0 saturated heterocycles. The molecule has 1 heterocycles. The van der Waals surface area contributed by atoms with E-state index in [1.807, 2.05) is 12.1 Å². The summed E-state index contributed by atoms with van der Waals surface area (Å²) in [5.41, 5.74) is 1.56. The molecular weight excluding hydrogens is 203 g/mol. The first-order valence-corrected chi connectivity index (χ1v) is 5.46. The monoisotopic (exact) mass is 218 g/mol. The lowest BCUT2D eigenvalue weighted by atomic mass is 9.77. The van der Waals surface area contributed by atoms with Crippen LogP contribution in [0, 0.1) is 0 Å². The van der Waals surface area contributed by atoms with Crippen LogP contribution in [0.15, 0.2) is 30.9 Å². The first-order chi connectivity index (χ1) is 7.72. The quantitative estimate of drug-likeness (QED) is 0.583. The van der Waals surface area contributed by atoms with Crippen LogP contribution in [0.5, 0.6) is 5.75 Å². The number of allylic oxidation sites excluding steroid dienone is 1. The summed E-state index contributed by atoms with van der Waals surface area (Å²) < 4.78 is 5.54. The van der Waals surface area contributed by atoms with Crippen LogP contribution in [-0.4, -0.2) is 23.8 Å². The summed E-state index contributed by atoms with van der Waals surface area (Å²) in [5.74, 6) is 1.22. The second-order valence-electron chi connectivity index (χ2n) is 4.03. The Kier molecular flexibility index (Phi) is 3.32. The molecule has 1 aromatic carbocycles. The highest BCUT2D eigenvalue weighted by atomic mass is 16.5. The van der Waals surface area contributed by atoms with Crippen molar-refractivity contribution in [2.45, 2.75) is 18.8 Å². The Hall–Kier alpha value is -1.26. The standard InChI is InChI=1S/C12H15BO3/c1-2-3-9-6-7-16-12-5-4-10(13(14)15)8-11(9)12/h2,4-5,8-9,14-15H,1,3,6-7H2. The topological polar surface area (TPSA) is 49.7 Å². The molecule has 0 bridgehead atoms. The van der Waals surface area contributed by atoms with E-state index in [1.54, 1.807) is 12.1 Å². The summed E-state index contributed by atoms with van der Waals surface area (Å²) in [7, 11) is -1.42. The van der Waals surface area contributed by atoms with Crippen LogP contribution in [-0.2, 0) is 0 Å². The Morgan fingerprint density at radius 1 is 1.50 bits per heavy atom. The van der Waals surface area contributed by atoms with Crippen molar-refractivity contribution in [3.63, 3.8) is 0 Å². The maximum atomic E-state index is 9.14. The zero-order valence-corrected chi connectivity index (χ0v) is 9.10. The van der Waals surface area contributed by atoms with Crippen LogP contribution in [0.2, 0.25) is 0 Å². The third-order valence-electron chi connectivity index (χ3n) is 2.95. The Labute approximate surface area is 95.5 Å². The van der Waals surface area contributed by atoms with Gasteiger partial charge in [0.25, 0.3) is 0 Å². The summed E-state index contributed by atoms with van der Waals surface area (Å²) in [6.07, 6.45) is 3.73. The fourth-order valence-electron chi connectivity index (χ4n) is 2.09. The molecule has 2 N–H and O–H groups in total. The summed E-state index contributed by atoms with van der Waals surface area (Å²) in [6, 6.07) is 5.30. The lowest BCUT2D eigenvalue weighted by molar-refractivity contribution is 0.267. The van der Waals surface area contributed by atoms with Crippen molar-refractivity contribution in [1.82, 2.24) is 0 Å². The van der Waals surface area contributed by atoms with Gasteiger partial charge >= 0.3 is 7.12 Å². The average Bonchev–Trinajstić information content (AvgIpc) is 2.29. The minimum Gasteiger partial charge on any atom is -0.493 e. The molecule has 84 valence electrons. The zero-order chi connectivity index (χ0) is 11.5. The molecule has 1 aliphatic heterocycles. The van der Waals surface area contributed by atoms with Crippen LogP contribution >= 0.6 is 0 Å². The highest BCUT2D eigenvalue weighted by Gasteiger charge is 2.22. The van der Waals surface area contributed by atoms with Crippen LogP contribution in [0.1, 0.15) is 24.3 Å². The maximum absolute atomic E-state index is 9.14. The molecule has 1 aromatic rings. The Bertz CT molecular complexity index is 390. The largest absolute Gasteiger partial charge is 0.493 e. The van der Waals surface area contributed by atoms with Gasteiger partial charge in [0.2, 0.25) is 0 Å². The van der Waals surface area contributed by atoms with Crippen LogP contribution in [0.25, 0.3) is 0 Å². The SMILES string of the molecule is C=CCC1CCOc2ccc(B(O)O)cc21. The van der Waals surface area contributed by atoms with Crippen molar-refractivity contribution >= 4 is 12.6 Å². The highest BCUT2D eigenvalue weighted by molar-refractivity contribution is 6.58. The van der Waals surface area contributed by atoms with E-state index in [-0.39, 0.29) is 0 Å². The maximum Gasteiger partial charge on any atom is 0.488 e. The Morgan fingerprint density at radius 2 is 2.31 bits per heavy atom. The lowest BCUT2D eigenvalue weighted by Gasteiger charge is -2.25. The van der Waals surface area contributed by atoms with Crippen molar-refractivity contribution in [2.75, 3.05) is 6.61 Å². The van der Waals surface area contributed by atoms with E-state index in [1.165, 1.54) is 0 Å². The van der Waals surface area contributed by atoms with Crippen LogP contribution < -0.4 is 10.2 Å². The fourth-order valence-corrected chi connectivity index (χ4v) is 2.09. The third kappa shape index (κ3) is 2.13. The molecule has 0 aliphatic carbocycles. The second kappa shape index (κ2) is 4.72. The third-order valence-corrected chi connectivity index (χ3v) is 2.95. The summed E-state index contributed by atoms with van der Waals surface area (Å²) in [6.45, 7) is 4.46. The molecule has 0 radical (unpaired) electrons. The van der Waals surface area contributed by atoms with Crippen LogP contribution in [0.3, 0.4) is 0 Å². The van der Waals surface area contributed by atoms with E-state index in [9.17, 15) is 0 Å². The molecule has 0 amide bonds. The zero-order valence-electron chi connectivity index (χ0n) is 9.10. The molecule has 0 aromatic heterocycles. The first kappa shape index (κ1) is 11.2. The minimum atomic E-state index is -1.42. The molecule has 1 atom stereocenters. The predicted molar refractivity (Wildman–Crippen MR) is 63.9 cm³/mol. The number of rotatable bonds is 3. The van der Waals surface area contributed by atoms with Gasteiger partial charge in [0, 0.05) is 0 Å². The molecular formula is C12H15BO3. The summed E-state index contributed by atoms with van der Waals surface area (Å²) >= 11 is 0. The van der Waals surface area contributed by atoms with Gasteiger partial charge < -0.3 is 14.8 Å². The van der Waals surface area contributed by atoms with Gasteiger partial charge in [-0.2, -0.15) is 0 Å². The molecule has 3 nitrogen and oxygen atoms in total. The highest BCUT2D eigenvalue weighted by Crippen LogP contribution is 2.35. The van der Waals surface area contributed by atoms with Gasteiger partial charge in [-0.25, -0.2) is 0 Å². The molecule has 16 heavy (non-hydrogen) atoms. The molecule has 0 spiro atoms. The number of benzene rings is 1. The van der Waals surface area contributed by atoms with Gasteiger partial charge in [-0.05, 0) is 35.9 Å². The van der Waals surface area contributed by atoms with Gasteiger partial charge in [0.15, 0.2) is 0 Å². The van der Waals surface area contributed by atoms with Gasteiger partial charge in [0.05, 0.1) is 6.61 Å². The van der Waals surface area contributed by atoms with E-state index in [2.05, 4.69) is 6.58 Å². The number of hydrogen-bond donors (Lipinski definition) is 2. The second-order valence-corrected chi connectivity index (χ2v) is 4.03. The Balaban J connectivity index is 2.36. The summed E-state index contributed by atoms with van der Waals surface area (Å²) in [4.78, 5) is 0. The summed E-state index contributed by atoms with van der Waals surface area (Å²) in [5, 5.41) is 18.3. The smallest absolute Gasteiger partial charge is 0.488 e. The molecule has 0 saturated carbocycles. The molecule has 4 heteroatoms. The molecule has 1 aliphatic rings. The first-order valence-electron chi connectivity index (χ1n) is 5.46. The van der Waals surface area contributed by atoms with Gasteiger partial charge in [0.1, 0.15) is 5.75 Å². The normalized spacial score (nSPS) is 18.5. The van der Waals surface area contributed by atoms with E-state index in [0.29, 0.717) is 18.0 Å². The fraction of sp³-hybridized carbons (Fsp3) is 0.333. The van der Waals surface area contributed by atoms with E-state index < -0.39 is 7.12 Å². The van der Waals surface area contributed by atoms with Crippen molar-refractivity contribution < 1.29 is 14.8 Å². The van der Waals surface area contributed by atoms with E-state index >= 15 is 0 Å². The van der Waals surface area contributed by atoms with Gasteiger partial charge in [-0.1, -0.05) is 18.2 Å². The van der Waals surface area contributed by atoms with Crippen molar-refractivity contribution in [2.24, 2.45) is 0 Å². The van der Waals surface area contributed by atoms with E-state index in [4.69, 9.17) is 14.8 Å². The Morgan fingerprint density at radius 3 is 3.00 bits per heavy atom.